The van der Waals surface area contributed by atoms with Gasteiger partial charge in [0.05, 0.1) is 6.10 Å². The molecule has 0 radical (unpaired) electrons. The fraction of sp³-hybridized carbons (Fsp3) is 0.625. The SMILES string of the molecule is CC1(C)C(NCc2ccccc2O)C2CCCOC21. The van der Waals surface area contributed by atoms with E-state index in [4.69, 9.17) is 4.74 Å². The predicted octanol–water partition coefficient (Wildman–Crippen LogP) is 2.69. The molecule has 3 unspecified atom stereocenters. The molecule has 0 bridgehead atoms. The number of para-hydroxylation sites is 1. The maximum Gasteiger partial charge on any atom is 0.120 e. The predicted molar refractivity (Wildman–Crippen MR) is 75.0 cm³/mol. The van der Waals surface area contributed by atoms with Crippen molar-refractivity contribution in [2.45, 2.75) is 45.4 Å². The number of ether oxygens (including phenoxy) is 1. The molecule has 0 amide bonds. The summed E-state index contributed by atoms with van der Waals surface area (Å²) in [7, 11) is 0. The molecule has 3 rings (SSSR count). The highest BCUT2D eigenvalue weighted by Gasteiger charge is 2.57. The minimum absolute atomic E-state index is 0.190. The van der Waals surface area contributed by atoms with Crippen LogP contribution >= 0.6 is 0 Å². The van der Waals surface area contributed by atoms with Crippen LogP contribution < -0.4 is 5.32 Å². The summed E-state index contributed by atoms with van der Waals surface area (Å²) in [6.07, 6.45) is 2.83. The number of rotatable bonds is 3. The number of benzene rings is 1. The van der Waals surface area contributed by atoms with Crippen LogP contribution in [0, 0.1) is 11.3 Å². The van der Waals surface area contributed by atoms with Crippen molar-refractivity contribution in [3.63, 3.8) is 0 Å². The third-order valence-corrected chi connectivity index (χ3v) is 4.84. The van der Waals surface area contributed by atoms with Crippen LogP contribution in [0.2, 0.25) is 0 Å². The summed E-state index contributed by atoms with van der Waals surface area (Å²) in [6.45, 7) is 6.20. The Morgan fingerprint density at radius 1 is 1.37 bits per heavy atom. The molecular weight excluding hydrogens is 238 g/mol. The number of hydrogen-bond donors (Lipinski definition) is 2. The van der Waals surface area contributed by atoms with E-state index in [-0.39, 0.29) is 5.41 Å². The summed E-state index contributed by atoms with van der Waals surface area (Å²) >= 11 is 0. The standard InChI is InChI=1S/C16H23NO2/c1-16(2)14(12-7-5-9-19-15(12)16)17-10-11-6-3-4-8-13(11)18/h3-4,6,8,12,14-15,17-18H,5,7,9-10H2,1-2H3. The molecule has 1 aliphatic heterocycles. The molecule has 1 aliphatic carbocycles. The number of fused-ring (bicyclic) bond motifs is 1. The summed E-state index contributed by atoms with van der Waals surface area (Å²) in [6, 6.07) is 8.03. The second-order valence-electron chi connectivity index (χ2n) is 6.41. The fourth-order valence-electron chi connectivity index (χ4n) is 3.82. The summed E-state index contributed by atoms with van der Waals surface area (Å²) in [5.41, 5.74) is 1.16. The first-order chi connectivity index (χ1) is 9.10. The summed E-state index contributed by atoms with van der Waals surface area (Å²) in [4.78, 5) is 0. The lowest BCUT2D eigenvalue weighted by Crippen LogP contribution is -2.69. The number of nitrogens with one attached hydrogen (secondary N) is 1. The van der Waals surface area contributed by atoms with Gasteiger partial charge in [-0.1, -0.05) is 32.0 Å². The quantitative estimate of drug-likeness (QED) is 0.879. The van der Waals surface area contributed by atoms with Crippen molar-refractivity contribution in [1.29, 1.82) is 0 Å². The van der Waals surface area contributed by atoms with E-state index in [1.165, 1.54) is 12.8 Å². The Morgan fingerprint density at radius 2 is 2.16 bits per heavy atom. The maximum atomic E-state index is 9.81. The maximum absolute atomic E-state index is 9.81. The van der Waals surface area contributed by atoms with Crippen LogP contribution in [0.5, 0.6) is 5.75 Å². The molecule has 2 aliphatic rings. The zero-order valence-electron chi connectivity index (χ0n) is 11.7. The van der Waals surface area contributed by atoms with Gasteiger partial charge in [-0.05, 0) is 18.9 Å². The average molecular weight is 261 g/mol. The van der Waals surface area contributed by atoms with Crippen LogP contribution in [0.3, 0.4) is 0 Å². The van der Waals surface area contributed by atoms with Crippen molar-refractivity contribution < 1.29 is 9.84 Å². The molecule has 2 fully saturated rings. The zero-order chi connectivity index (χ0) is 13.5. The molecule has 3 heteroatoms. The van der Waals surface area contributed by atoms with Crippen LogP contribution in [0.1, 0.15) is 32.3 Å². The molecule has 2 N–H and O–H groups in total. The van der Waals surface area contributed by atoms with E-state index in [2.05, 4.69) is 19.2 Å². The molecule has 104 valence electrons. The molecule has 3 atom stereocenters. The largest absolute Gasteiger partial charge is 0.508 e. The van der Waals surface area contributed by atoms with Crippen LogP contribution in [-0.2, 0) is 11.3 Å². The normalized spacial score (nSPS) is 32.4. The van der Waals surface area contributed by atoms with Gasteiger partial charge in [-0.3, -0.25) is 0 Å². The first kappa shape index (κ1) is 12.9. The first-order valence-electron chi connectivity index (χ1n) is 7.22. The summed E-state index contributed by atoms with van der Waals surface area (Å²) in [5.74, 6) is 1.01. The van der Waals surface area contributed by atoms with E-state index in [1.54, 1.807) is 6.07 Å². The van der Waals surface area contributed by atoms with Gasteiger partial charge in [0.15, 0.2) is 0 Å². The average Bonchev–Trinajstić information content (AvgIpc) is 2.41. The molecule has 1 heterocycles. The van der Waals surface area contributed by atoms with Gasteiger partial charge >= 0.3 is 0 Å². The van der Waals surface area contributed by atoms with Gasteiger partial charge in [0.1, 0.15) is 5.75 Å². The fourth-order valence-corrected chi connectivity index (χ4v) is 3.82. The highest BCUT2D eigenvalue weighted by atomic mass is 16.5. The van der Waals surface area contributed by atoms with E-state index in [0.29, 0.717) is 23.8 Å². The number of aromatic hydroxyl groups is 1. The van der Waals surface area contributed by atoms with Crippen molar-refractivity contribution >= 4 is 0 Å². The van der Waals surface area contributed by atoms with Crippen LogP contribution in [0.4, 0.5) is 0 Å². The Labute approximate surface area is 115 Å². The number of phenolic OH excluding ortho intramolecular Hbond substituents is 1. The Balaban J connectivity index is 1.65. The molecule has 3 nitrogen and oxygen atoms in total. The van der Waals surface area contributed by atoms with Crippen molar-refractivity contribution in [3.05, 3.63) is 29.8 Å². The molecule has 0 spiro atoms. The van der Waals surface area contributed by atoms with Crippen LogP contribution in [0.15, 0.2) is 24.3 Å². The van der Waals surface area contributed by atoms with E-state index in [0.717, 1.165) is 18.7 Å². The second kappa shape index (κ2) is 4.80. The molecule has 1 saturated heterocycles. The van der Waals surface area contributed by atoms with Gasteiger partial charge in [0.25, 0.3) is 0 Å². The van der Waals surface area contributed by atoms with E-state index in [1.807, 2.05) is 18.2 Å². The van der Waals surface area contributed by atoms with Gasteiger partial charge < -0.3 is 15.2 Å². The van der Waals surface area contributed by atoms with Crippen LogP contribution in [0.25, 0.3) is 0 Å². The topological polar surface area (TPSA) is 41.5 Å². The lowest BCUT2D eigenvalue weighted by Gasteiger charge is -2.60. The highest BCUT2D eigenvalue weighted by molar-refractivity contribution is 5.31. The molecule has 19 heavy (non-hydrogen) atoms. The number of hydrogen-bond acceptors (Lipinski definition) is 3. The first-order valence-corrected chi connectivity index (χ1v) is 7.22. The van der Waals surface area contributed by atoms with Crippen molar-refractivity contribution in [2.75, 3.05) is 6.61 Å². The second-order valence-corrected chi connectivity index (χ2v) is 6.41. The van der Waals surface area contributed by atoms with Gasteiger partial charge in [-0.15, -0.1) is 0 Å². The lowest BCUT2D eigenvalue weighted by molar-refractivity contribution is -0.193. The minimum atomic E-state index is 0.190. The van der Waals surface area contributed by atoms with E-state index >= 15 is 0 Å². The zero-order valence-corrected chi connectivity index (χ0v) is 11.7. The van der Waals surface area contributed by atoms with Crippen molar-refractivity contribution in [2.24, 2.45) is 11.3 Å². The Bertz CT molecular complexity index is 458. The van der Waals surface area contributed by atoms with Gasteiger partial charge in [-0.25, -0.2) is 0 Å². The minimum Gasteiger partial charge on any atom is -0.508 e. The lowest BCUT2D eigenvalue weighted by atomic mass is 9.55. The third kappa shape index (κ3) is 2.15. The third-order valence-electron chi connectivity index (χ3n) is 4.84. The summed E-state index contributed by atoms with van der Waals surface area (Å²) in [5, 5.41) is 13.4. The monoisotopic (exact) mass is 261 g/mol. The van der Waals surface area contributed by atoms with Crippen LogP contribution in [-0.4, -0.2) is 23.9 Å². The Morgan fingerprint density at radius 3 is 2.95 bits per heavy atom. The van der Waals surface area contributed by atoms with Gasteiger partial charge in [-0.2, -0.15) is 0 Å². The molecule has 1 aromatic carbocycles. The van der Waals surface area contributed by atoms with Crippen molar-refractivity contribution in [1.82, 2.24) is 5.32 Å². The Hall–Kier alpha value is -1.06. The summed E-state index contributed by atoms with van der Waals surface area (Å²) < 4.78 is 5.91. The molecular formula is C16H23NO2. The smallest absolute Gasteiger partial charge is 0.120 e. The Kier molecular flexibility index (Phi) is 3.27. The molecule has 0 aromatic heterocycles. The molecule has 1 saturated carbocycles. The molecule has 1 aromatic rings. The number of phenols is 1. The van der Waals surface area contributed by atoms with E-state index in [9.17, 15) is 5.11 Å². The van der Waals surface area contributed by atoms with Gasteiger partial charge in [0, 0.05) is 36.1 Å². The highest BCUT2D eigenvalue weighted by Crippen LogP contribution is 2.51. The van der Waals surface area contributed by atoms with Gasteiger partial charge in [0.2, 0.25) is 0 Å². The van der Waals surface area contributed by atoms with E-state index < -0.39 is 0 Å². The van der Waals surface area contributed by atoms with Crippen molar-refractivity contribution in [3.8, 4) is 5.75 Å².